The van der Waals surface area contributed by atoms with Crippen molar-refractivity contribution < 1.29 is 9.59 Å². The van der Waals surface area contributed by atoms with Gasteiger partial charge in [-0.2, -0.15) is 5.01 Å². The first-order chi connectivity index (χ1) is 14.1. The van der Waals surface area contributed by atoms with Crippen LogP contribution < -0.4 is 5.01 Å². The minimum absolute atomic E-state index is 0.355. The van der Waals surface area contributed by atoms with Gasteiger partial charge in [-0.25, -0.2) is 15.0 Å². The second kappa shape index (κ2) is 6.91. The Morgan fingerprint density at radius 3 is 2.59 bits per heavy atom. The molecule has 4 aromatic rings. The summed E-state index contributed by atoms with van der Waals surface area (Å²) in [7, 11) is 0. The molecule has 1 aliphatic rings. The smallest absolute Gasteiger partial charge is 0.267 e. The topological polar surface area (TPSA) is 66.4 Å². The summed E-state index contributed by atoms with van der Waals surface area (Å²) in [6.45, 7) is 1.64. The molecule has 1 aliphatic heterocycles. The van der Waals surface area contributed by atoms with Crippen LogP contribution in [-0.2, 0) is 9.59 Å². The molecular weight excluding hydrogens is 404 g/mol. The average molecular weight is 419 g/mol. The monoisotopic (exact) mass is 418 g/mol. The third kappa shape index (κ3) is 2.93. The number of imide groups is 1. The van der Waals surface area contributed by atoms with Gasteiger partial charge in [-0.15, -0.1) is 22.7 Å². The normalized spacial score (nSPS) is 14.0. The second-order valence-electron chi connectivity index (χ2n) is 6.43. The predicted molar refractivity (Wildman–Crippen MR) is 115 cm³/mol. The van der Waals surface area contributed by atoms with Crippen LogP contribution in [0.4, 0.5) is 10.8 Å². The molecule has 5 rings (SSSR count). The van der Waals surface area contributed by atoms with Gasteiger partial charge < -0.3 is 0 Å². The summed E-state index contributed by atoms with van der Waals surface area (Å²) < 4.78 is 0. The molecule has 4 heterocycles. The highest BCUT2D eigenvalue weighted by atomic mass is 32.1. The van der Waals surface area contributed by atoms with Gasteiger partial charge in [-0.3, -0.25) is 9.59 Å². The van der Waals surface area contributed by atoms with Gasteiger partial charge in [-0.05, 0) is 36.1 Å². The van der Waals surface area contributed by atoms with Crippen molar-refractivity contribution >= 4 is 55.5 Å². The molecule has 142 valence electrons. The Balaban J connectivity index is 1.68. The molecule has 0 fully saturated rings. The third-order valence-electron chi connectivity index (χ3n) is 4.58. The third-order valence-corrected chi connectivity index (χ3v) is 6.51. The van der Waals surface area contributed by atoms with Crippen LogP contribution in [0.3, 0.4) is 0 Å². The summed E-state index contributed by atoms with van der Waals surface area (Å²) in [6, 6.07) is 15.8. The molecule has 0 atom stereocenters. The SMILES string of the molecule is CC1=CC(=O)N(N(c2ccc(-c3ccccc3)s2)c2ncnc3sccc23)C1=O. The number of thiophene rings is 2. The van der Waals surface area contributed by atoms with Crippen LogP contribution in [0.2, 0.25) is 0 Å². The Morgan fingerprint density at radius 1 is 1.00 bits per heavy atom. The van der Waals surface area contributed by atoms with Crippen LogP contribution in [0.25, 0.3) is 20.7 Å². The van der Waals surface area contributed by atoms with E-state index in [0.29, 0.717) is 11.4 Å². The molecule has 3 aromatic heterocycles. The van der Waals surface area contributed by atoms with Crippen LogP contribution in [0.5, 0.6) is 0 Å². The fourth-order valence-corrected chi connectivity index (χ4v) is 4.94. The van der Waals surface area contributed by atoms with Crippen LogP contribution in [0.1, 0.15) is 6.92 Å². The van der Waals surface area contributed by atoms with E-state index in [1.165, 1.54) is 35.1 Å². The molecule has 29 heavy (non-hydrogen) atoms. The van der Waals surface area contributed by atoms with Crippen LogP contribution in [0, 0.1) is 0 Å². The van der Waals surface area contributed by atoms with Gasteiger partial charge in [0.2, 0.25) is 0 Å². The molecule has 0 aliphatic carbocycles. The summed E-state index contributed by atoms with van der Waals surface area (Å²) in [6.07, 6.45) is 2.81. The van der Waals surface area contributed by atoms with Crippen LogP contribution in [0.15, 0.2) is 71.9 Å². The number of fused-ring (bicyclic) bond motifs is 1. The fourth-order valence-electron chi connectivity index (χ4n) is 3.21. The molecule has 8 heteroatoms. The lowest BCUT2D eigenvalue weighted by Gasteiger charge is -2.30. The maximum absolute atomic E-state index is 12.8. The number of hydrogen-bond donors (Lipinski definition) is 0. The Kier molecular flexibility index (Phi) is 4.22. The summed E-state index contributed by atoms with van der Waals surface area (Å²) >= 11 is 2.98. The van der Waals surface area contributed by atoms with E-state index in [2.05, 4.69) is 9.97 Å². The number of hydrazine groups is 1. The minimum atomic E-state index is -0.385. The lowest BCUT2D eigenvalue weighted by molar-refractivity contribution is -0.137. The highest BCUT2D eigenvalue weighted by molar-refractivity contribution is 7.19. The molecule has 0 unspecified atom stereocenters. The van der Waals surface area contributed by atoms with Gasteiger partial charge in [0.15, 0.2) is 5.82 Å². The highest BCUT2D eigenvalue weighted by Crippen LogP contribution is 2.41. The lowest BCUT2D eigenvalue weighted by Crippen LogP contribution is -2.44. The van der Waals surface area contributed by atoms with Crippen molar-refractivity contribution in [1.29, 1.82) is 0 Å². The van der Waals surface area contributed by atoms with E-state index in [0.717, 1.165) is 30.7 Å². The molecular formula is C21H14N4O2S2. The summed E-state index contributed by atoms with van der Waals surface area (Å²) in [4.78, 5) is 36.1. The molecule has 0 saturated heterocycles. The molecule has 0 bridgehead atoms. The van der Waals surface area contributed by atoms with E-state index in [9.17, 15) is 9.59 Å². The molecule has 0 N–H and O–H groups in total. The van der Waals surface area contributed by atoms with E-state index in [-0.39, 0.29) is 11.8 Å². The maximum Gasteiger partial charge on any atom is 0.276 e. The first kappa shape index (κ1) is 17.7. The largest absolute Gasteiger partial charge is 0.276 e. The molecule has 2 amide bonds. The van der Waals surface area contributed by atoms with Crippen molar-refractivity contribution in [2.45, 2.75) is 6.92 Å². The molecule has 6 nitrogen and oxygen atoms in total. The van der Waals surface area contributed by atoms with Crippen molar-refractivity contribution in [3.05, 3.63) is 71.9 Å². The Labute approximate surface area is 174 Å². The van der Waals surface area contributed by atoms with Crippen molar-refractivity contribution in [1.82, 2.24) is 15.0 Å². The highest BCUT2D eigenvalue weighted by Gasteiger charge is 2.37. The second-order valence-corrected chi connectivity index (χ2v) is 8.39. The van der Waals surface area contributed by atoms with Gasteiger partial charge in [0.25, 0.3) is 11.8 Å². The van der Waals surface area contributed by atoms with E-state index >= 15 is 0 Å². The number of nitrogens with zero attached hydrogens (tertiary/aromatic N) is 4. The number of rotatable bonds is 4. The standard InChI is InChI=1S/C21H14N4O2S2/c1-13-11-17(26)24(21(13)27)25(19-15-9-10-28-20(15)23-12-22-19)18-8-7-16(29-18)14-5-3-2-4-6-14/h2-12H,1H3. The Bertz CT molecular complexity index is 1280. The zero-order chi connectivity index (χ0) is 20.0. The first-order valence-corrected chi connectivity index (χ1v) is 10.5. The maximum atomic E-state index is 12.8. The number of benzene rings is 1. The molecule has 1 aromatic carbocycles. The van der Waals surface area contributed by atoms with E-state index in [1.54, 1.807) is 11.9 Å². The van der Waals surface area contributed by atoms with E-state index in [4.69, 9.17) is 0 Å². The number of hydrogen-bond acceptors (Lipinski definition) is 7. The van der Waals surface area contributed by atoms with Gasteiger partial charge in [0, 0.05) is 16.5 Å². The van der Waals surface area contributed by atoms with Crippen molar-refractivity contribution in [2.75, 3.05) is 5.01 Å². The van der Waals surface area contributed by atoms with Crippen molar-refractivity contribution in [3.63, 3.8) is 0 Å². The van der Waals surface area contributed by atoms with Crippen molar-refractivity contribution in [2.24, 2.45) is 0 Å². The number of anilines is 2. The van der Waals surface area contributed by atoms with Crippen molar-refractivity contribution in [3.8, 4) is 10.4 Å². The summed E-state index contributed by atoms with van der Waals surface area (Å²) in [5.41, 5.74) is 1.47. The van der Waals surface area contributed by atoms with Gasteiger partial charge in [0.05, 0.1) is 5.39 Å². The number of carbonyl (C=O) groups excluding carboxylic acids is 2. The molecule has 0 saturated carbocycles. The predicted octanol–water partition coefficient (Wildman–Crippen LogP) is 4.79. The summed E-state index contributed by atoms with van der Waals surface area (Å²) in [5, 5.41) is 6.18. The number of amides is 2. The Hall–Kier alpha value is -3.36. The molecule has 0 spiro atoms. The quantitative estimate of drug-likeness (QED) is 0.446. The Morgan fingerprint density at radius 2 is 1.83 bits per heavy atom. The number of carbonyl (C=O) groups is 2. The van der Waals surface area contributed by atoms with Crippen LogP contribution >= 0.6 is 22.7 Å². The van der Waals surface area contributed by atoms with E-state index < -0.39 is 0 Å². The first-order valence-electron chi connectivity index (χ1n) is 8.84. The molecule has 0 radical (unpaired) electrons. The zero-order valence-electron chi connectivity index (χ0n) is 15.3. The van der Waals surface area contributed by atoms with Crippen LogP contribution in [-0.4, -0.2) is 26.8 Å². The lowest BCUT2D eigenvalue weighted by atomic mass is 10.2. The number of aromatic nitrogens is 2. The minimum Gasteiger partial charge on any atom is -0.267 e. The fraction of sp³-hybridized carbons (Fsp3) is 0.0476. The average Bonchev–Trinajstić information content (AvgIpc) is 3.46. The van der Waals surface area contributed by atoms with E-state index in [1.807, 2.05) is 53.9 Å². The van der Waals surface area contributed by atoms with Gasteiger partial charge in [-0.1, -0.05) is 30.3 Å². The van der Waals surface area contributed by atoms with Gasteiger partial charge >= 0.3 is 0 Å². The summed E-state index contributed by atoms with van der Waals surface area (Å²) in [5.74, 6) is -0.238. The van der Waals surface area contributed by atoms with Gasteiger partial charge in [0.1, 0.15) is 16.2 Å². The zero-order valence-corrected chi connectivity index (χ0v) is 16.9.